The Balaban J connectivity index is 1.55. The Hall–Kier alpha value is -3.44. The minimum Gasteiger partial charge on any atom is -0.379 e. The molecule has 11 heteroatoms. The minimum atomic E-state index is -0.773. The lowest BCUT2D eigenvalue weighted by molar-refractivity contribution is -0.122. The molecule has 5 rings (SSSR count). The monoisotopic (exact) mass is 407 g/mol. The molecule has 0 spiro atoms. The molecule has 1 atom stereocenters. The number of amides is 1. The molecule has 5 heterocycles. The van der Waals surface area contributed by atoms with Gasteiger partial charge in [0.2, 0.25) is 6.17 Å². The average molecular weight is 407 g/mol. The van der Waals surface area contributed by atoms with E-state index in [2.05, 4.69) is 30.2 Å². The van der Waals surface area contributed by atoms with Gasteiger partial charge in [-0.1, -0.05) is 5.21 Å². The summed E-state index contributed by atoms with van der Waals surface area (Å²) in [6.45, 7) is 4.34. The van der Waals surface area contributed by atoms with E-state index in [-0.39, 0.29) is 5.91 Å². The van der Waals surface area contributed by atoms with E-state index < -0.39 is 6.17 Å². The van der Waals surface area contributed by atoms with Crippen molar-refractivity contribution in [2.45, 2.75) is 6.17 Å². The Morgan fingerprint density at radius 3 is 2.60 bits per heavy atom. The highest BCUT2D eigenvalue weighted by Crippen LogP contribution is 2.41. The second-order valence-electron chi connectivity index (χ2n) is 6.99. The first-order valence-electron chi connectivity index (χ1n) is 9.80. The molecule has 1 amide bonds. The van der Waals surface area contributed by atoms with E-state index in [4.69, 9.17) is 4.74 Å². The molecule has 0 bridgehead atoms. The Morgan fingerprint density at radius 2 is 1.87 bits per heavy atom. The highest BCUT2D eigenvalue weighted by Gasteiger charge is 2.42. The van der Waals surface area contributed by atoms with E-state index in [1.807, 2.05) is 12.1 Å². The highest BCUT2D eigenvalue weighted by atomic mass is 16.5. The lowest BCUT2D eigenvalue weighted by atomic mass is 10.2. The molecular formula is C19H21N9O2. The lowest BCUT2D eigenvalue weighted by Crippen LogP contribution is -2.52. The molecule has 2 aliphatic heterocycles. The van der Waals surface area contributed by atoms with Gasteiger partial charge in [0, 0.05) is 51.0 Å². The molecule has 30 heavy (non-hydrogen) atoms. The van der Waals surface area contributed by atoms with Crippen molar-refractivity contribution in [3.05, 3.63) is 49.3 Å². The summed E-state index contributed by atoms with van der Waals surface area (Å²) in [5, 5.41) is 8.01. The lowest BCUT2D eigenvalue weighted by Gasteiger charge is -2.41. The zero-order chi connectivity index (χ0) is 20.3. The second kappa shape index (κ2) is 8.13. The van der Waals surface area contributed by atoms with Gasteiger partial charge in [-0.2, -0.15) is 0 Å². The highest BCUT2D eigenvalue weighted by molar-refractivity contribution is 6.04. The van der Waals surface area contributed by atoms with Crippen LogP contribution in [0.25, 0.3) is 0 Å². The maximum Gasteiger partial charge on any atom is 0.274 e. The van der Waals surface area contributed by atoms with Crippen LogP contribution >= 0.6 is 0 Å². The molecule has 1 unspecified atom stereocenters. The normalized spacial score (nSPS) is 19.7. The van der Waals surface area contributed by atoms with E-state index in [0.29, 0.717) is 31.4 Å². The van der Waals surface area contributed by atoms with Crippen molar-refractivity contribution in [2.75, 3.05) is 49.2 Å². The van der Waals surface area contributed by atoms with Crippen molar-refractivity contribution in [1.29, 1.82) is 0 Å². The topological polar surface area (TPSA) is 105 Å². The van der Waals surface area contributed by atoms with Gasteiger partial charge in [-0.25, -0.2) is 14.6 Å². The van der Waals surface area contributed by atoms with Gasteiger partial charge >= 0.3 is 0 Å². The Morgan fingerprint density at radius 1 is 1.03 bits per heavy atom. The van der Waals surface area contributed by atoms with Crippen molar-refractivity contribution in [2.24, 2.45) is 0 Å². The number of hydrogen-bond donors (Lipinski definition) is 0. The minimum absolute atomic E-state index is 0.148. The van der Waals surface area contributed by atoms with Gasteiger partial charge in [-0.3, -0.25) is 24.5 Å². The first kappa shape index (κ1) is 18.6. The number of ether oxygens (including phenoxy) is 1. The molecule has 0 saturated carbocycles. The molecule has 2 aliphatic rings. The van der Waals surface area contributed by atoms with Gasteiger partial charge in [-0.15, -0.1) is 5.10 Å². The Bertz CT molecular complexity index is 992. The number of anilines is 3. The van der Waals surface area contributed by atoms with Crippen LogP contribution in [-0.2, 0) is 9.53 Å². The van der Waals surface area contributed by atoms with E-state index in [1.54, 1.807) is 47.0 Å². The summed E-state index contributed by atoms with van der Waals surface area (Å²) >= 11 is 0. The molecule has 0 radical (unpaired) electrons. The molecule has 154 valence electrons. The van der Waals surface area contributed by atoms with Crippen molar-refractivity contribution in [1.82, 2.24) is 34.8 Å². The van der Waals surface area contributed by atoms with E-state index >= 15 is 0 Å². The summed E-state index contributed by atoms with van der Waals surface area (Å²) in [5.74, 6) is 0.953. The predicted octanol–water partition coefficient (Wildman–Crippen LogP) is 0.479. The zero-order valence-electron chi connectivity index (χ0n) is 16.3. The average Bonchev–Trinajstić information content (AvgIpc) is 3.33. The number of pyridine rings is 1. The van der Waals surface area contributed by atoms with Gasteiger partial charge in [0.1, 0.15) is 0 Å². The maximum absolute atomic E-state index is 13.7. The smallest absolute Gasteiger partial charge is 0.274 e. The summed E-state index contributed by atoms with van der Waals surface area (Å²) in [7, 11) is 0. The predicted molar refractivity (Wildman–Crippen MR) is 107 cm³/mol. The third-order valence-corrected chi connectivity index (χ3v) is 5.23. The van der Waals surface area contributed by atoms with Crippen LogP contribution in [0.1, 0.15) is 6.17 Å². The van der Waals surface area contributed by atoms with E-state index in [0.717, 1.165) is 25.3 Å². The number of aromatic nitrogens is 6. The maximum atomic E-state index is 13.7. The fourth-order valence-electron chi connectivity index (χ4n) is 3.78. The quantitative estimate of drug-likeness (QED) is 0.597. The van der Waals surface area contributed by atoms with Crippen LogP contribution < -0.4 is 9.80 Å². The molecule has 1 saturated heterocycles. The second-order valence-corrected chi connectivity index (χ2v) is 6.99. The number of fused-ring (bicyclic) bond motifs is 1. The number of hydrogen-bond acceptors (Lipinski definition) is 9. The molecule has 1 fully saturated rings. The van der Waals surface area contributed by atoms with Crippen LogP contribution in [0.4, 0.5) is 17.3 Å². The van der Waals surface area contributed by atoms with Crippen molar-refractivity contribution in [3.8, 4) is 0 Å². The summed E-state index contributed by atoms with van der Waals surface area (Å²) in [6.07, 6.45) is 9.06. The summed E-state index contributed by atoms with van der Waals surface area (Å²) in [6, 6.07) is 3.70. The molecule has 0 aromatic carbocycles. The van der Waals surface area contributed by atoms with Gasteiger partial charge in [0.05, 0.1) is 31.3 Å². The van der Waals surface area contributed by atoms with Crippen molar-refractivity contribution >= 4 is 23.2 Å². The van der Waals surface area contributed by atoms with E-state index in [1.165, 1.54) is 4.68 Å². The van der Waals surface area contributed by atoms with Crippen LogP contribution in [-0.4, -0.2) is 80.1 Å². The molecule has 0 N–H and O–H groups in total. The third-order valence-electron chi connectivity index (χ3n) is 5.23. The van der Waals surface area contributed by atoms with Crippen LogP contribution in [0.2, 0.25) is 0 Å². The molecule has 0 aliphatic carbocycles. The first-order chi connectivity index (χ1) is 14.8. The van der Waals surface area contributed by atoms with Crippen molar-refractivity contribution < 1.29 is 9.53 Å². The number of carbonyl (C=O) groups excluding carboxylic acids is 1. The van der Waals surface area contributed by atoms with Gasteiger partial charge in [-0.05, 0) is 12.1 Å². The Labute approximate surface area is 172 Å². The van der Waals surface area contributed by atoms with Gasteiger partial charge in [0.25, 0.3) is 5.91 Å². The SMILES string of the molecule is O=C1C(n2ccnn2)N(c2cccnc2)c2nccnc2N1CCN1CCOCC1. The molecule has 3 aromatic rings. The van der Waals surface area contributed by atoms with Crippen LogP contribution in [0.15, 0.2) is 49.3 Å². The summed E-state index contributed by atoms with van der Waals surface area (Å²) in [4.78, 5) is 32.8. The molecular weight excluding hydrogens is 386 g/mol. The zero-order valence-corrected chi connectivity index (χ0v) is 16.3. The number of nitrogens with zero attached hydrogens (tertiary/aromatic N) is 9. The summed E-state index contributed by atoms with van der Waals surface area (Å²) < 4.78 is 6.96. The van der Waals surface area contributed by atoms with Crippen LogP contribution in [0, 0.1) is 0 Å². The van der Waals surface area contributed by atoms with Gasteiger partial charge < -0.3 is 4.74 Å². The number of morpholine rings is 1. The fraction of sp³-hybridized carbons (Fsp3) is 0.368. The Kier molecular flexibility index (Phi) is 5.03. The van der Waals surface area contributed by atoms with Gasteiger partial charge in [0.15, 0.2) is 11.6 Å². The fourth-order valence-corrected chi connectivity index (χ4v) is 3.78. The van der Waals surface area contributed by atoms with E-state index in [9.17, 15) is 4.79 Å². The van der Waals surface area contributed by atoms with Crippen LogP contribution in [0.5, 0.6) is 0 Å². The molecule has 11 nitrogen and oxygen atoms in total. The largest absolute Gasteiger partial charge is 0.379 e. The third kappa shape index (κ3) is 3.37. The summed E-state index contributed by atoms with van der Waals surface area (Å²) in [5.41, 5.74) is 0.723. The molecule has 3 aromatic heterocycles. The number of rotatable bonds is 5. The van der Waals surface area contributed by atoms with Crippen molar-refractivity contribution in [3.63, 3.8) is 0 Å². The first-order valence-corrected chi connectivity index (χ1v) is 9.80. The number of carbonyl (C=O) groups is 1. The van der Waals surface area contributed by atoms with Crippen LogP contribution in [0.3, 0.4) is 0 Å². The standard InChI is InChI=1S/C19H21N9O2/c29-19-18(27-7-6-23-24-27)28(15-2-1-3-20-14-15)17-16(21-4-5-22-17)26(19)9-8-25-10-12-30-13-11-25/h1-7,14,18H,8-13H2.